The molecule has 4 rings (SSSR count). The monoisotopic (exact) mass is 308 g/mol. The van der Waals surface area contributed by atoms with Gasteiger partial charge < -0.3 is 4.57 Å². The van der Waals surface area contributed by atoms with Gasteiger partial charge in [0.15, 0.2) is 0 Å². The molecule has 0 unspecified atom stereocenters. The first-order valence-electron chi connectivity index (χ1n) is 7.95. The number of nitrogens with zero attached hydrogens (tertiary/aromatic N) is 2. The number of aromatic nitrogens is 2. The Labute approximate surface area is 141 Å². The third kappa shape index (κ3) is 3.06. The van der Waals surface area contributed by atoms with Crippen molar-refractivity contribution < 1.29 is 0 Å². The van der Waals surface area contributed by atoms with Crippen molar-refractivity contribution in [2.24, 2.45) is 0 Å². The molecule has 0 aliphatic heterocycles. The van der Waals surface area contributed by atoms with Crippen LogP contribution in [0.3, 0.4) is 0 Å². The molecule has 0 spiro atoms. The lowest BCUT2D eigenvalue weighted by Crippen LogP contribution is -1.99. The minimum absolute atomic E-state index is 0.791. The Morgan fingerprint density at radius 1 is 0.750 bits per heavy atom. The van der Waals surface area contributed by atoms with E-state index in [4.69, 9.17) is 4.98 Å². The van der Waals surface area contributed by atoms with Gasteiger partial charge in [-0.25, -0.2) is 4.98 Å². The minimum atomic E-state index is 0.791. The highest BCUT2D eigenvalue weighted by atomic mass is 15.0. The van der Waals surface area contributed by atoms with Gasteiger partial charge in [0.05, 0.1) is 0 Å². The van der Waals surface area contributed by atoms with E-state index in [2.05, 4.69) is 59.0 Å². The molecule has 0 fully saturated rings. The first-order chi connectivity index (χ1) is 11.9. The highest BCUT2D eigenvalue weighted by Gasteiger charge is 2.04. The summed E-state index contributed by atoms with van der Waals surface area (Å²) in [6.07, 6.45) is 2.08. The molecule has 0 aliphatic carbocycles. The Morgan fingerprint density at radius 2 is 1.50 bits per heavy atom. The lowest BCUT2D eigenvalue weighted by molar-refractivity contribution is 0.825. The fraction of sp³-hybridized carbons (Fsp3) is 0.0455. The van der Waals surface area contributed by atoms with E-state index in [-0.39, 0.29) is 0 Å². The van der Waals surface area contributed by atoms with Gasteiger partial charge in [-0.3, -0.25) is 0 Å². The predicted octanol–water partition coefficient (Wildman–Crippen LogP) is 4.48. The fourth-order valence-corrected chi connectivity index (χ4v) is 2.70. The van der Waals surface area contributed by atoms with Gasteiger partial charge in [-0.1, -0.05) is 54.5 Å². The lowest BCUT2D eigenvalue weighted by atomic mass is 10.2. The maximum Gasteiger partial charge on any atom is 0.141 e. The summed E-state index contributed by atoms with van der Waals surface area (Å²) in [5.41, 5.74) is 4.02. The summed E-state index contributed by atoms with van der Waals surface area (Å²) in [5.74, 6) is 6.32. The molecule has 0 saturated heterocycles. The molecule has 4 aromatic rings. The smallest absolute Gasteiger partial charge is 0.141 e. The van der Waals surface area contributed by atoms with Crippen LogP contribution >= 0.6 is 0 Å². The minimum Gasteiger partial charge on any atom is -0.328 e. The number of hydrogen-bond donors (Lipinski definition) is 0. The SMILES string of the molecule is C(#Cc1ccc2ccn(Cc3ccccc3)c2n1)c1ccccc1. The van der Waals surface area contributed by atoms with Gasteiger partial charge >= 0.3 is 0 Å². The molecular weight excluding hydrogens is 292 g/mol. The van der Waals surface area contributed by atoms with Crippen LogP contribution in [0.15, 0.2) is 85.1 Å². The molecule has 0 saturated carbocycles. The maximum absolute atomic E-state index is 4.74. The second-order valence-electron chi connectivity index (χ2n) is 5.65. The fourth-order valence-electron chi connectivity index (χ4n) is 2.70. The van der Waals surface area contributed by atoms with Crippen molar-refractivity contribution in [2.75, 3.05) is 0 Å². The number of rotatable bonds is 2. The van der Waals surface area contributed by atoms with E-state index >= 15 is 0 Å². The molecular formula is C22H16N2. The Balaban J connectivity index is 1.67. The highest BCUT2D eigenvalue weighted by Crippen LogP contribution is 2.16. The Morgan fingerprint density at radius 3 is 2.29 bits per heavy atom. The highest BCUT2D eigenvalue weighted by molar-refractivity contribution is 5.77. The van der Waals surface area contributed by atoms with Gasteiger partial charge in [-0.15, -0.1) is 0 Å². The number of hydrogen-bond acceptors (Lipinski definition) is 1. The van der Waals surface area contributed by atoms with E-state index in [9.17, 15) is 0 Å². The molecule has 0 bridgehead atoms. The molecule has 114 valence electrons. The van der Waals surface area contributed by atoms with Crippen LogP contribution in [0, 0.1) is 11.8 Å². The van der Waals surface area contributed by atoms with Gasteiger partial charge in [0, 0.05) is 23.7 Å². The molecule has 2 aromatic carbocycles. The van der Waals surface area contributed by atoms with E-state index in [1.165, 1.54) is 5.56 Å². The summed E-state index contributed by atoms with van der Waals surface area (Å²) in [6.45, 7) is 0.812. The van der Waals surface area contributed by atoms with E-state index in [1.54, 1.807) is 0 Å². The standard InChI is InChI=1S/C22H16N2/c1-3-7-18(8-4-1)11-13-21-14-12-20-15-16-24(22(20)23-21)17-19-9-5-2-6-10-19/h1-10,12,14-16H,17H2. The van der Waals surface area contributed by atoms with E-state index < -0.39 is 0 Å². The summed E-state index contributed by atoms with van der Waals surface area (Å²) in [4.78, 5) is 4.74. The quantitative estimate of drug-likeness (QED) is 0.499. The van der Waals surface area contributed by atoms with Crippen molar-refractivity contribution in [1.82, 2.24) is 9.55 Å². The number of pyridine rings is 1. The van der Waals surface area contributed by atoms with Gasteiger partial charge in [0.1, 0.15) is 11.3 Å². The van der Waals surface area contributed by atoms with Crippen molar-refractivity contribution in [3.63, 3.8) is 0 Å². The van der Waals surface area contributed by atoms with Crippen LogP contribution in [-0.2, 0) is 6.54 Å². The zero-order valence-corrected chi connectivity index (χ0v) is 13.2. The predicted molar refractivity (Wildman–Crippen MR) is 97.7 cm³/mol. The second-order valence-corrected chi connectivity index (χ2v) is 5.65. The zero-order valence-electron chi connectivity index (χ0n) is 13.2. The van der Waals surface area contributed by atoms with Gasteiger partial charge in [-0.2, -0.15) is 0 Å². The van der Waals surface area contributed by atoms with Gasteiger partial charge in [0.2, 0.25) is 0 Å². The number of benzene rings is 2. The Hall–Kier alpha value is -3.31. The zero-order chi connectivity index (χ0) is 16.2. The molecule has 0 N–H and O–H groups in total. The van der Waals surface area contributed by atoms with Crippen LogP contribution < -0.4 is 0 Å². The van der Waals surface area contributed by atoms with Gasteiger partial charge in [-0.05, 0) is 41.8 Å². The van der Waals surface area contributed by atoms with Gasteiger partial charge in [0.25, 0.3) is 0 Å². The molecule has 0 amide bonds. The first-order valence-corrected chi connectivity index (χ1v) is 7.95. The summed E-state index contributed by atoms with van der Waals surface area (Å²) in [6, 6.07) is 26.6. The lowest BCUT2D eigenvalue weighted by Gasteiger charge is -2.05. The topological polar surface area (TPSA) is 17.8 Å². The molecule has 2 aromatic heterocycles. The Bertz CT molecular complexity index is 1020. The van der Waals surface area contributed by atoms with Crippen LogP contribution in [0.5, 0.6) is 0 Å². The molecule has 2 heterocycles. The molecule has 0 atom stereocenters. The molecule has 0 radical (unpaired) electrons. The average molecular weight is 308 g/mol. The third-order valence-electron chi connectivity index (χ3n) is 3.92. The van der Waals surface area contributed by atoms with Crippen molar-refractivity contribution in [2.45, 2.75) is 6.54 Å². The van der Waals surface area contributed by atoms with E-state index in [0.717, 1.165) is 28.8 Å². The normalized spacial score (nSPS) is 10.3. The van der Waals surface area contributed by atoms with Crippen LogP contribution in [-0.4, -0.2) is 9.55 Å². The van der Waals surface area contributed by atoms with Crippen molar-refractivity contribution in [1.29, 1.82) is 0 Å². The summed E-state index contributed by atoms with van der Waals surface area (Å²) in [5, 5.41) is 1.14. The Kier molecular flexibility index (Phi) is 3.83. The largest absolute Gasteiger partial charge is 0.328 e. The summed E-state index contributed by atoms with van der Waals surface area (Å²) < 4.78 is 2.17. The average Bonchev–Trinajstić information content (AvgIpc) is 3.04. The van der Waals surface area contributed by atoms with Crippen molar-refractivity contribution >= 4 is 11.0 Å². The summed E-state index contributed by atoms with van der Waals surface area (Å²) in [7, 11) is 0. The van der Waals surface area contributed by atoms with Crippen LogP contribution in [0.1, 0.15) is 16.8 Å². The summed E-state index contributed by atoms with van der Waals surface area (Å²) >= 11 is 0. The van der Waals surface area contributed by atoms with E-state index in [1.807, 2.05) is 42.5 Å². The van der Waals surface area contributed by atoms with E-state index in [0.29, 0.717) is 0 Å². The molecule has 2 nitrogen and oxygen atoms in total. The molecule has 0 aliphatic rings. The van der Waals surface area contributed by atoms with Crippen molar-refractivity contribution in [3.05, 3.63) is 102 Å². The second kappa shape index (κ2) is 6.44. The molecule has 24 heavy (non-hydrogen) atoms. The van der Waals surface area contributed by atoms with Crippen LogP contribution in [0.2, 0.25) is 0 Å². The number of fused-ring (bicyclic) bond motifs is 1. The van der Waals surface area contributed by atoms with Crippen LogP contribution in [0.4, 0.5) is 0 Å². The maximum atomic E-state index is 4.74. The molecule has 2 heteroatoms. The van der Waals surface area contributed by atoms with Crippen molar-refractivity contribution in [3.8, 4) is 11.8 Å². The first kappa shape index (κ1) is 14.3. The third-order valence-corrected chi connectivity index (χ3v) is 3.92. The van der Waals surface area contributed by atoms with Crippen LogP contribution in [0.25, 0.3) is 11.0 Å².